The number of carbonyl (C=O) groups is 4. The summed E-state index contributed by atoms with van der Waals surface area (Å²) in [6.07, 6.45) is 0.540. The van der Waals surface area contributed by atoms with E-state index in [0.717, 1.165) is 11.1 Å². The van der Waals surface area contributed by atoms with Crippen LogP contribution >= 0.6 is 0 Å². The first-order chi connectivity index (χ1) is 21.9. The molecule has 0 spiro atoms. The first kappa shape index (κ1) is 33.4. The molecule has 5 N–H and O–H groups in total. The minimum absolute atomic E-state index is 0.215. The zero-order chi connectivity index (χ0) is 32.0. The fourth-order valence-electron chi connectivity index (χ4n) is 4.87. The summed E-state index contributed by atoms with van der Waals surface area (Å²) in [5.41, 5.74) is 8.79. The Labute approximate surface area is 262 Å². The van der Waals surface area contributed by atoms with E-state index in [1.54, 1.807) is 30.3 Å². The molecule has 1 unspecified atom stereocenters. The van der Waals surface area contributed by atoms with Crippen LogP contribution < -0.4 is 26.4 Å². The number of fused-ring (bicyclic) bond motifs is 1. The van der Waals surface area contributed by atoms with Crippen LogP contribution in [0.25, 0.3) is 0 Å². The Morgan fingerprint density at radius 2 is 1.76 bits per heavy atom. The molecule has 2 aromatic rings. The first-order valence-corrected chi connectivity index (χ1v) is 14.8. The number of carbonyl (C=O) groups excluding carboxylic acids is 4. The minimum atomic E-state index is -0.650. The number of benzene rings is 2. The molecule has 2 aliphatic rings. The van der Waals surface area contributed by atoms with Crippen molar-refractivity contribution in [3.05, 3.63) is 58.7 Å². The van der Waals surface area contributed by atoms with Crippen LogP contribution in [0.2, 0.25) is 0 Å². The Balaban J connectivity index is 1.01. The Bertz CT molecular complexity index is 1440. The van der Waals surface area contributed by atoms with Gasteiger partial charge in [0.2, 0.25) is 11.8 Å². The van der Waals surface area contributed by atoms with Gasteiger partial charge in [-0.3, -0.25) is 24.5 Å². The molecule has 0 saturated carbocycles. The number of nitrogens with one attached hydrogen (secondary N) is 3. The summed E-state index contributed by atoms with van der Waals surface area (Å²) >= 11 is 0. The van der Waals surface area contributed by atoms with Gasteiger partial charge in [0, 0.05) is 42.7 Å². The average Bonchev–Trinajstić information content (AvgIpc) is 3.37. The van der Waals surface area contributed by atoms with E-state index in [1.807, 2.05) is 6.07 Å². The second kappa shape index (κ2) is 17.1. The van der Waals surface area contributed by atoms with E-state index in [-0.39, 0.29) is 24.1 Å². The maximum absolute atomic E-state index is 12.9. The summed E-state index contributed by atoms with van der Waals surface area (Å²) in [6, 6.07) is 9.59. The van der Waals surface area contributed by atoms with Crippen molar-refractivity contribution in [2.75, 3.05) is 72.1 Å². The molecule has 2 aromatic carbocycles. The van der Waals surface area contributed by atoms with Crippen LogP contribution in [0.3, 0.4) is 0 Å². The van der Waals surface area contributed by atoms with E-state index >= 15 is 0 Å². The molecule has 2 aliphatic heterocycles. The molecule has 1 fully saturated rings. The lowest BCUT2D eigenvalue weighted by Gasteiger charge is -2.29. The van der Waals surface area contributed by atoms with Crippen molar-refractivity contribution in [1.29, 1.82) is 0 Å². The van der Waals surface area contributed by atoms with Crippen LogP contribution in [0.4, 0.5) is 5.69 Å². The van der Waals surface area contributed by atoms with E-state index in [0.29, 0.717) is 94.8 Å². The van der Waals surface area contributed by atoms with Gasteiger partial charge in [-0.1, -0.05) is 17.9 Å². The van der Waals surface area contributed by atoms with Crippen LogP contribution in [-0.4, -0.2) is 101 Å². The molecule has 45 heavy (non-hydrogen) atoms. The highest BCUT2D eigenvalue weighted by atomic mass is 16.5. The Morgan fingerprint density at radius 3 is 2.49 bits per heavy atom. The number of rotatable bonds is 16. The Hall–Kier alpha value is -4.48. The molecular formula is C32H39N5O8. The van der Waals surface area contributed by atoms with Gasteiger partial charge in [0.1, 0.15) is 11.8 Å². The standard InChI is InChI=1S/C32H39N5O8/c1-42-28-20-23(7-8-26(28)33)30(39)35-13-15-44-17-19-45-18-16-43-14-12-34-11-3-5-22-4-2-6-24-25(22)21-37(32(24)41)27-9-10-29(38)36-31(27)40/h2,4,6-8,20,27,34H,9-19,21,33H2,1H3,(H,35,39)(H,36,38,40). The zero-order valence-corrected chi connectivity index (χ0v) is 25.3. The quantitative estimate of drug-likeness (QED) is 0.0894. The lowest BCUT2D eigenvalue weighted by molar-refractivity contribution is -0.136. The van der Waals surface area contributed by atoms with Gasteiger partial charge in [-0.15, -0.1) is 0 Å². The van der Waals surface area contributed by atoms with Crippen LogP contribution in [0.15, 0.2) is 36.4 Å². The first-order valence-electron chi connectivity index (χ1n) is 14.8. The zero-order valence-electron chi connectivity index (χ0n) is 25.3. The third kappa shape index (κ3) is 9.50. The molecule has 0 aromatic heterocycles. The van der Waals surface area contributed by atoms with Crippen molar-refractivity contribution in [1.82, 2.24) is 20.9 Å². The van der Waals surface area contributed by atoms with Crippen LogP contribution in [-0.2, 0) is 30.3 Å². The molecule has 0 radical (unpaired) electrons. The number of anilines is 1. The number of hydrogen-bond donors (Lipinski definition) is 4. The van der Waals surface area contributed by atoms with Crippen molar-refractivity contribution in [2.45, 2.75) is 25.4 Å². The number of ether oxygens (including phenoxy) is 4. The molecule has 240 valence electrons. The van der Waals surface area contributed by atoms with Gasteiger partial charge in [0.25, 0.3) is 11.8 Å². The second-order valence-electron chi connectivity index (χ2n) is 10.3. The largest absolute Gasteiger partial charge is 0.495 e. The topological polar surface area (TPSA) is 171 Å². The predicted octanol–water partition coefficient (Wildman–Crippen LogP) is 0.459. The summed E-state index contributed by atoms with van der Waals surface area (Å²) in [4.78, 5) is 50.4. The second-order valence-corrected chi connectivity index (χ2v) is 10.3. The molecule has 13 nitrogen and oxygen atoms in total. The number of piperidine rings is 1. The van der Waals surface area contributed by atoms with Crippen LogP contribution in [0.1, 0.15) is 44.7 Å². The third-order valence-corrected chi connectivity index (χ3v) is 7.21. The fraction of sp³-hybridized carbons (Fsp3) is 0.438. The Kier molecular flexibility index (Phi) is 12.7. The number of nitrogens with zero attached hydrogens (tertiary/aromatic N) is 1. The lowest BCUT2D eigenvalue weighted by Crippen LogP contribution is -2.52. The molecule has 1 saturated heterocycles. The predicted molar refractivity (Wildman–Crippen MR) is 164 cm³/mol. The van der Waals surface area contributed by atoms with Crippen molar-refractivity contribution in [2.24, 2.45) is 0 Å². The summed E-state index contributed by atoms with van der Waals surface area (Å²) in [5, 5.41) is 8.29. The van der Waals surface area contributed by atoms with Crippen molar-refractivity contribution < 1.29 is 38.1 Å². The SMILES string of the molecule is COc1cc(C(=O)NCCOCCOCCOCCNCC#Cc2cccc3c2CN(C2CCC(=O)NC2=O)C3=O)ccc1N. The molecule has 4 rings (SSSR count). The molecule has 0 aliphatic carbocycles. The summed E-state index contributed by atoms with van der Waals surface area (Å²) in [5.74, 6) is 5.46. The smallest absolute Gasteiger partial charge is 0.255 e. The molecule has 4 amide bonds. The van der Waals surface area contributed by atoms with Gasteiger partial charge in [-0.2, -0.15) is 0 Å². The highest BCUT2D eigenvalue weighted by Crippen LogP contribution is 2.29. The Morgan fingerprint density at radius 1 is 1.02 bits per heavy atom. The number of amides is 4. The minimum Gasteiger partial charge on any atom is -0.495 e. The number of nitrogens with two attached hydrogens (primary N) is 1. The van der Waals surface area contributed by atoms with Gasteiger partial charge in [-0.05, 0) is 42.3 Å². The highest BCUT2D eigenvalue weighted by molar-refractivity contribution is 6.05. The van der Waals surface area contributed by atoms with E-state index < -0.39 is 11.9 Å². The van der Waals surface area contributed by atoms with Gasteiger partial charge in [0.05, 0.1) is 59.0 Å². The van der Waals surface area contributed by atoms with E-state index in [2.05, 4.69) is 27.8 Å². The van der Waals surface area contributed by atoms with Gasteiger partial charge < -0.3 is 40.2 Å². The highest BCUT2D eigenvalue weighted by Gasteiger charge is 2.39. The van der Waals surface area contributed by atoms with Crippen molar-refractivity contribution in [3.63, 3.8) is 0 Å². The number of nitrogen functional groups attached to an aromatic ring is 1. The summed E-state index contributed by atoms with van der Waals surface area (Å²) < 4.78 is 21.7. The summed E-state index contributed by atoms with van der Waals surface area (Å²) in [7, 11) is 1.50. The molecule has 13 heteroatoms. The number of hydrogen-bond acceptors (Lipinski definition) is 10. The van der Waals surface area contributed by atoms with Crippen molar-refractivity contribution in [3.8, 4) is 17.6 Å². The van der Waals surface area contributed by atoms with Gasteiger partial charge >= 0.3 is 0 Å². The van der Waals surface area contributed by atoms with Crippen LogP contribution in [0.5, 0.6) is 5.75 Å². The maximum Gasteiger partial charge on any atom is 0.255 e. The monoisotopic (exact) mass is 621 g/mol. The van der Waals surface area contributed by atoms with Gasteiger partial charge in [-0.25, -0.2) is 0 Å². The molecule has 0 bridgehead atoms. The van der Waals surface area contributed by atoms with E-state index in [4.69, 9.17) is 24.7 Å². The average molecular weight is 622 g/mol. The molecule has 2 heterocycles. The third-order valence-electron chi connectivity index (χ3n) is 7.21. The number of methoxy groups -OCH3 is 1. The van der Waals surface area contributed by atoms with E-state index in [9.17, 15) is 19.2 Å². The molecule has 1 atom stereocenters. The maximum atomic E-state index is 12.9. The van der Waals surface area contributed by atoms with Crippen molar-refractivity contribution >= 4 is 29.3 Å². The van der Waals surface area contributed by atoms with Gasteiger partial charge in [0.15, 0.2) is 0 Å². The van der Waals surface area contributed by atoms with Crippen LogP contribution in [0, 0.1) is 11.8 Å². The lowest BCUT2D eigenvalue weighted by atomic mass is 10.0. The molecular weight excluding hydrogens is 582 g/mol. The number of imide groups is 1. The van der Waals surface area contributed by atoms with E-state index in [1.165, 1.54) is 12.0 Å². The summed E-state index contributed by atoms with van der Waals surface area (Å²) in [6.45, 7) is 4.27. The normalized spacial score (nSPS) is 15.7. The fourth-order valence-corrected chi connectivity index (χ4v) is 4.87.